The minimum Gasteiger partial charge on any atom is -0.325 e. The molecule has 1 atom stereocenters. The Morgan fingerprint density at radius 1 is 1.15 bits per heavy atom. The van der Waals surface area contributed by atoms with Crippen LogP contribution in [0, 0.1) is 19.7 Å². The number of para-hydroxylation sites is 1. The predicted molar refractivity (Wildman–Crippen MR) is 107 cm³/mol. The quantitative estimate of drug-likeness (QED) is 0.573. The molecule has 1 heterocycles. The van der Waals surface area contributed by atoms with Crippen LogP contribution in [0.4, 0.5) is 10.1 Å². The molecule has 0 saturated heterocycles. The molecule has 3 aromatic rings. The van der Waals surface area contributed by atoms with E-state index in [0.29, 0.717) is 0 Å². The number of halogens is 1. The van der Waals surface area contributed by atoms with Gasteiger partial charge in [-0.15, -0.1) is 11.3 Å². The lowest BCUT2D eigenvalue weighted by Crippen LogP contribution is -2.23. The molecule has 3 nitrogen and oxygen atoms in total. The fraction of sp³-hybridized carbons (Fsp3) is 0.200. The minimum atomic E-state index is -0.277. The highest BCUT2D eigenvalue weighted by Gasteiger charge is 2.18. The first-order valence-corrected chi connectivity index (χ1v) is 9.95. The van der Waals surface area contributed by atoms with Crippen molar-refractivity contribution in [2.24, 2.45) is 0 Å². The highest BCUT2D eigenvalue weighted by Crippen LogP contribution is 2.31. The third-order valence-electron chi connectivity index (χ3n) is 4.00. The molecule has 0 aliphatic rings. The molecule has 134 valence electrons. The average molecular weight is 387 g/mol. The Hall–Kier alpha value is -2.18. The van der Waals surface area contributed by atoms with E-state index in [1.54, 1.807) is 12.1 Å². The largest absolute Gasteiger partial charge is 0.325 e. The van der Waals surface area contributed by atoms with Gasteiger partial charge in [0.15, 0.2) is 4.34 Å². The van der Waals surface area contributed by atoms with Gasteiger partial charge in [0, 0.05) is 16.6 Å². The fourth-order valence-corrected chi connectivity index (χ4v) is 4.48. The monoisotopic (exact) mass is 386 g/mol. The maximum Gasteiger partial charge on any atom is 0.237 e. The number of carbonyl (C=O) groups is 1. The summed E-state index contributed by atoms with van der Waals surface area (Å²) in [7, 11) is 0. The molecule has 0 bridgehead atoms. The molecule has 6 heteroatoms. The molecule has 1 unspecified atom stereocenters. The van der Waals surface area contributed by atoms with Crippen molar-refractivity contribution in [3.05, 3.63) is 64.8 Å². The predicted octanol–water partition coefficient (Wildman–Crippen LogP) is 5.69. The van der Waals surface area contributed by atoms with Gasteiger partial charge in [-0.3, -0.25) is 4.79 Å². The molecule has 0 spiro atoms. The number of amides is 1. The summed E-state index contributed by atoms with van der Waals surface area (Å²) in [4.78, 5) is 17.1. The van der Waals surface area contributed by atoms with Crippen LogP contribution >= 0.6 is 23.1 Å². The molecule has 0 fully saturated rings. The van der Waals surface area contributed by atoms with Crippen molar-refractivity contribution in [3.8, 4) is 11.3 Å². The number of hydrogen-bond acceptors (Lipinski definition) is 4. The Morgan fingerprint density at radius 2 is 1.81 bits per heavy atom. The number of hydrogen-bond donors (Lipinski definition) is 1. The first-order valence-electron chi connectivity index (χ1n) is 8.19. The van der Waals surface area contributed by atoms with Crippen molar-refractivity contribution in [1.82, 2.24) is 4.98 Å². The van der Waals surface area contributed by atoms with Crippen LogP contribution in [0.25, 0.3) is 11.3 Å². The van der Waals surface area contributed by atoms with Crippen LogP contribution in [0.15, 0.2) is 52.2 Å². The van der Waals surface area contributed by atoms with Crippen molar-refractivity contribution in [2.45, 2.75) is 30.4 Å². The Kier molecular flexibility index (Phi) is 5.74. The van der Waals surface area contributed by atoms with Gasteiger partial charge in [0.1, 0.15) is 5.82 Å². The summed E-state index contributed by atoms with van der Waals surface area (Å²) in [6, 6.07) is 12.2. The summed E-state index contributed by atoms with van der Waals surface area (Å²) >= 11 is 2.91. The number of nitrogens with one attached hydrogen (secondary N) is 1. The second-order valence-corrected chi connectivity index (χ2v) is 8.47. The SMILES string of the molecule is Cc1cccc(C)c1NC(=O)C(C)Sc1nc(-c2ccc(F)cc2)cs1. The standard InChI is InChI=1S/C20H19FN2OS2/c1-12-5-4-6-13(2)18(12)23-19(24)14(3)26-20-22-17(11-25-20)15-7-9-16(21)10-8-15/h4-11,14H,1-3H3,(H,23,24). The van der Waals surface area contributed by atoms with Gasteiger partial charge in [0.05, 0.1) is 10.9 Å². The molecule has 0 aliphatic carbocycles. The van der Waals surface area contributed by atoms with Crippen LogP contribution < -0.4 is 5.32 Å². The van der Waals surface area contributed by atoms with Crippen LogP contribution in [-0.4, -0.2) is 16.1 Å². The molecule has 1 amide bonds. The maximum atomic E-state index is 13.0. The number of anilines is 1. The van der Waals surface area contributed by atoms with Crippen molar-refractivity contribution in [2.75, 3.05) is 5.32 Å². The van der Waals surface area contributed by atoms with E-state index in [1.807, 2.05) is 44.4 Å². The number of aromatic nitrogens is 1. The van der Waals surface area contributed by atoms with Crippen molar-refractivity contribution in [1.29, 1.82) is 0 Å². The summed E-state index contributed by atoms with van der Waals surface area (Å²) < 4.78 is 13.9. The third-order valence-corrected chi connectivity index (χ3v) is 6.07. The zero-order chi connectivity index (χ0) is 18.7. The number of aryl methyl sites for hydroxylation is 2. The van der Waals surface area contributed by atoms with E-state index in [2.05, 4.69) is 10.3 Å². The van der Waals surface area contributed by atoms with Crippen LogP contribution in [0.2, 0.25) is 0 Å². The molecule has 1 aromatic heterocycles. The Labute approximate surface area is 160 Å². The number of thiazole rings is 1. The number of benzene rings is 2. The Balaban J connectivity index is 1.67. The summed E-state index contributed by atoms with van der Waals surface area (Å²) in [5.41, 5.74) is 4.62. The number of thioether (sulfide) groups is 1. The van der Waals surface area contributed by atoms with E-state index < -0.39 is 0 Å². The van der Waals surface area contributed by atoms with Crippen LogP contribution in [0.5, 0.6) is 0 Å². The second kappa shape index (κ2) is 8.01. The van der Waals surface area contributed by atoms with Crippen LogP contribution in [-0.2, 0) is 4.79 Å². The summed E-state index contributed by atoms with van der Waals surface area (Å²) in [6.07, 6.45) is 0. The lowest BCUT2D eigenvalue weighted by atomic mass is 10.1. The van der Waals surface area contributed by atoms with Gasteiger partial charge >= 0.3 is 0 Å². The first kappa shape index (κ1) is 18.6. The normalized spacial score (nSPS) is 12.0. The van der Waals surface area contributed by atoms with Gasteiger partial charge in [-0.1, -0.05) is 30.0 Å². The van der Waals surface area contributed by atoms with Crippen LogP contribution in [0.1, 0.15) is 18.1 Å². The highest BCUT2D eigenvalue weighted by atomic mass is 32.2. The summed E-state index contributed by atoms with van der Waals surface area (Å²) in [5.74, 6) is -0.318. The molecule has 0 saturated carbocycles. The average Bonchev–Trinajstić information content (AvgIpc) is 3.07. The smallest absolute Gasteiger partial charge is 0.237 e. The van der Waals surface area contributed by atoms with E-state index in [1.165, 1.54) is 35.2 Å². The number of rotatable bonds is 5. The van der Waals surface area contributed by atoms with E-state index in [4.69, 9.17) is 0 Å². The molecule has 1 N–H and O–H groups in total. The lowest BCUT2D eigenvalue weighted by molar-refractivity contribution is -0.115. The number of nitrogens with zero attached hydrogens (tertiary/aromatic N) is 1. The third kappa shape index (κ3) is 4.31. The van der Waals surface area contributed by atoms with Gasteiger partial charge < -0.3 is 5.32 Å². The van der Waals surface area contributed by atoms with Crippen molar-refractivity contribution >= 4 is 34.7 Å². The molecule has 2 aromatic carbocycles. The minimum absolute atomic E-state index is 0.0501. The number of carbonyl (C=O) groups excluding carboxylic acids is 1. The van der Waals surface area contributed by atoms with Gasteiger partial charge in [-0.25, -0.2) is 9.37 Å². The van der Waals surface area contributed by atoms with Crippen molar-refractivity contribution < 1.29 is 9.18 Å². The zero-order valence-electron chi connectivity index (χ0n) is 14.7. The van der Waals surface area contributed by atoms with Gasteiger partial charge in [-0.2, -0.15) is 0 Å². The summed E-state index contributed by atoms with van der Waals surface area (Å²) in [6.45, 7) is 5.83. The molecule has 3 rings (SSSR count). The van der Waals surface area contributed by atoms with E-state index in [0.717, 1.165) is 32.4 Å². The Morgan fingerprint density at radius 3 is 2.46 bits per heavy atom. The second-order valence-electron chi connectivity index (χ2n) is 6.02. The Bertz CT molecular complexity index is 902. The van der Waals surface area contributed by atoms with Gasteiger partial charge in [0.25, 0.3) is 0 Å². The first-order chi connectivity index (χ1) is 12.4. The lowest BCUT2D eigenvalue weighted by Gasteiger charge is -2.14. The molecule has 26 heavy (non-hydrogen) atoms. The van der Waals surface area contributed by atoms with E-state index in [-0.39, 0.29) is 17.0 Å². The van der Waals surface area contributed by atoms with Gasteiger partial charge in [-0.05, 0) is 56.2 Å². The maximum absolute atomic E-state index is 13.0. The molecule has 0 radical (unpaired) electrons. The summed E-state index contributed by atoms with van der Waals surface area (Å²) in [5, 5.41) is 4.66. The molecular formula is C20H19FN2OS2. The topological polar surface area (TPSA) is 42.0 Å². The fourth-order valence-electron chi connectivity index (χ4n) is 2.51. The molecule has 0 aliphatic heterocycles. The van der Waals surface area contributed by atoms with Gasteiger partial charge in [0.2, 0.25) is 5.91 Å². The highest BCUT2D eigenvalue weighted by molar-refractivity contribution is 8.02. The van der Waals surface area contributed by atoms with Crippen LogP contribution in [0.3, 0.4) is 0 Å². The van der Waals surface area contributed by atoms with Crippen molar-refractivity contribution in [3.63, 3.8) is 0 Å². The van der Waals surface area contributed by atoms with E-state index in [9.17, 15) is 9.18 Å². The van der Waals surface area contributed by atoms with E-state index >= 15 is 0 Å². The molecular weight excluding hydrogens is 367 g/mol. The zero-order valence-corrected chi connectivity index (χ0v) is 16.4.